The van der Waals surface area contributed by atoms with Crippen LogP contribution in [0.2, 0.25) is 0 Å². The zero-order valence-electron chi connectivity index (χ0n) is 63.0. The summed E-state index contributed by atoms with van der Waals surface area (Å²) >= 11 is 1.21. The van der Waals surface area contributed by atoms with Gasteiger partial charge in [-0.15, -0.1) is 11.8 Å². The van der Waals surface area contributed by atoms with Gasteiger partial charge < -0.3 is 65.6 Å². The summed E-state index contributed by atoms with van der Waals surface area (Å²) < 4.78 is 0. The second-order valence-electron chi connectivity index (χ2n) is 28.7. The predicted octanol–water partition coefficient (Wildman–Crippen LogP) is 5.45. The van der Waals surface area contributed by atoms with E-state index in [0.29, 0.717) is 38.0 Å². The van der Waals surface area contributed by atoms with E-state index in [9.17, 15) is 29.1 Å². The van der Waals surface area contributed by atoms with E-state index in [4.69, 9.17) is 0 Å². The van der Waals surface area contributed by atoms with Crippen molar-refractivity contribution in [3.8, 4) is 0 Å². The molecule has 0 spiro atoms. The fourth-order valence-electron chi connectivity index (χ4n) is 12.2. The molecular formula is C70H128N12O12S. The highest BCUT2D eigenvalue weighted by Crippen LogP contribution is 2.28. The Bertz CT molecular complexity index is 2550. The molecular weight excluding hydrogens is 1230 g/mol. The molecule has 11 amide bonds. The van der Waals surface area contributed by atoms with E-state index in [-0.39, 0.29) is 43.4 Å². The minimum Gasteiger partial charge on any atom is -0.390 e. The van der Waals surface area contributed by atoms with Crippen LogP contribution in [0.4, 0.5) is 0 Å². The molecule has 0 saturated carbocycles. The van der Waals surface area contributed by atoms with Crippen LogP contribution in [0.5, 0.6) is 0 Å². The fraction of sp³-hybridized carbons (Fsp3) is 0.814. The van der Waals surface area contributed by atoms with Crippen LogP contribution in [-0.4, -0.2) is 256 Å². The lowest BCUT2D eigenvalue weighted by Gasteiger charge is -2.41. The number of hydrogen-bond acceptors (Lipinski definition) is 14. The first kappa shape index (κ1) is 87.2. The number of amides is 11. The van der Waals surface area contributed by atoms with Crippen molar-refractivity contribution in [1.82, 2.24) is 60.5 Å². The first-order valence-corrected chi connectivity index (χ1v) is 35.9. The SMILES string of the molecule is C/C=C/C[C@@H](C)[C@@H](O)[C@H]1C(=O)N[C@H](CCC)C(=O)N(C)[C@H](SCCCN(CC)CC)C(=O)N(C)[C@@H](C(C)C)C(=O)N[C@H](C(C)C)C(=O)N(C)[C@H](CCC(C)C)C(=O)N[C@H](C)C(=O)N[C@@H](C)C(=O)N(C)[C@@H](CC(C)C)C(=O)N(C)[C@H](CC(C)C)C(=O)N(C)[C@H](C(C)C)C(=O)N1C. The summed E-state index contributed by atoms with van der Waals surface area (Å²) in [6.07, 6.45) is 4.46. The Hall–Kier alpha value is -5.82. The molecule has 0 aliphatic carbocycles. The third-order valence-electron chi connectivity index (χ3n) is 18.3. The van der Waals surface area contributed by atoms with Gasteiger partial charge in [-0.2, -0.15) is 0 Å². The normalized spacial score (nSPS) is 26.2. The lowest BCUT2D eigenvalue weighted by atomic mass is 9.91. The number of allylic oxidation sites excluding steroid dienone is 2. The van der Waals surface area contributed by atoms with Crippen LogP contribution in [-0.2, 0) is 52.7 Å². The van der Waals surface area contributed by atoms with E-state index in [2.05, 4.69) is 40.0 Å². The van der Waals surface area contributed by atoms with Gasteiger partial charge in [-0.05, 0) is 133 Å². The molecule has 546 valence electrons. The largest absolute Gasteiger partial charge is 0.390 e. The minimum atomic E-state index is -1.63. The number of nitrogens with zero attached hydrogens (tertiary/aromatic N) is 8. The number of aliphatic hydroxyl groups excluding tert-OH is 1. The lowest BCUT2D eigenvalue weighted by Crippen LogP contribution is -2.64. The third-order valence-corrected chi connectivity index (χ3v) is 19.7. The van der Waals surface area contributed by atoms with Gasteiger partial charge in [0.1, 0.15) is 60.4 Å². The van der Waals surface area contributed by atoms with Crippen molar-refractivity contribution in [3.05, 3.63) is 12.2 Å². The molecule has 13 atom stereocenters. The molecule has 0 bridgehead atoms. The first-order chi connectivity index (χ1) is 44.1. The van der Waals surface area contributed by atoms with Gasteiger partial charge in [-0.25, -0.2) is 0 Å². The molecule has 0 unspecified atom stereocenters. The molecule has 0 aromatic rings. The number of aliphatic hydroxyl groups is 1. The van der Waals surface area contributed by atoms with Crippen LogP contribution in [0.1, 0.15) is 183 Å². The van der Waals surface area contributed by atoms with Crippen LogP contribution < -0.4 is 21.3 Å². The van der Waals surface area contributed by atoms with Crippen LogP contribution in [0, 0.1) is 41.4 Å². The number of likely N-dealkylation sites (N-methyl/N-ethyl adjacent to an activating group) is 7. The molecule has 0 aromatic carbocycles. The van der Waals surface area contributed by atoms with Gasteiger partial charge in [-0.3, -0.25) is 52.7 Å². The van der Waals surface area contributed by atoms with Crippen molar-refractivity contribution >= 4 is 76.7 Å². The van der Waals surface area contributed by atoms with Gasteiger partial charge in [0, 0.05) is 49.3 Å². The van der Waals surface area contributed by atoms with Crippen molar-refractivity contribution < 1.29 is 57.8 Å². The maximum atomic E-state index is 15.4. The maximum Gasteiger partial charge on any atom is 0.256 e. The van der Waals surface area contributed by atoms with E-state index in [0.717, 1.165) is 18.0 Å². The summed E-state index contributed by atoms with van der Waals surface area (Å²) in [6, 6.07) is -12.5. The molecule has 5 N–H and O–H groups in total. The molecule has 1 fully saturated rings. The van der Waals surface area contributed by atoms with Gasteiger partial charge in [0.15, 0.2) is 5.37 Å². The maximum absolute atomic E-state index is 15.4. The third kappa shape index (κ3) is 25.2. The van der Waals surface area contributed by atoms with Crippen molar-refractivity contribution in [2.45, 2.75) is 255 Å². The highest BCUT2D eigenvalue weighted by Gasteiger charge is 2.47. The Balaban J connectivity index is 4.58. The van der Waals surface area contributed by atoms with Crippen LogP contribution in [0.25, 0.3) is 0 Å². The van der Waals surface area contributed by atoms with Crippen LogP contribution >= 0.6 is 11.8 Å². The van der Waals surface area contributed by atoms with Gasteiger partial charge >= 0.3 is 0 Å². The monoisotopic (exact) mass is 1360 g/mol. The molecule has 1 aliphatic heterocycles. The smallest absolute Gasteiger partial charge is 0.256 e. The molecule has 95 heavy (non-hydrogen) atoms. The van der Waals surface area contributed by atoms with Crippen LogP contribution in [0.3, 0.4) is 0 Å². The summed E-state index contributed by atoms with van der Waals surface area (Å²) in [7, 11) is 10.1. The predicted molar refractivity (Wildman–Crippen MR) is 377 cm³/mol. The Labute approximate surface area is 575 Å². The number of carbonyl (C=O) groups excluding carboxylic acids is 11. The highest BCUT2D eigenvalue weighted by molar-refractivity contribution is 8.00. The van der Waals surface area contributed by atoms with Gasteiger partial charge in [0.2, 0.25) is 59.1 Å². The highest BCUT2D eigenvalue weighted by atomic mass is 32.2. The fourth-order valence-corrected chi connectivity index (χ4v) is 13.4. The van der Waals surface area contributed by atoms with E-state index in [1.54, 1.807) is 54.5 Å². The minimum absolute atomic E-state index is 0.0767. The molecule has 0 radical (unpaired) electrons. The average Bonchev–Trinajstić information content (AvgIpc) is 0.819. The number of thioether (sulfide) groups is 1. The summed E-state index contributed by atoms with van der Waals surface area (Å²) in [5.41, 5.74) is 0. The number of hydrogen-bond donors (Lipinski definition) is 5. The van der Waals surface area contributed by atoms with Gasteiger partial charge in [0.25, 0.3) is 5.91 Å². The molecule has 25 heteroatoms. The molecule has 24 nitrogen and oxygen atoms in total. The standard InChI is InChI=1S/C70H128N12O12S/c1-27-31-34-47(17)58(83)57-62(87)73-50(33-28-2)64(89)81(26)70(95-38-32-37-82(29-3)30-4)69(94)78(23)55(45(13)14)61(86)74-54(44(11)12)67(92)75(20)51(36-35-41(5)6)60(85)71-48(18)59(84)72-49(19)63(88)76(21)52(39-42(7)8)65(90)77(22)53(40-43(9)10)66(91)79(24)56(46(15)16)68(93)80(57)25/h27,31,41-58,70,83H,28-30,32-40H2,1-26H3,(H,71,85)(H,72,84)(H,73,87)(H,74,86)/b31-27+/t47-,48-,49+,50-,51-,52+,53-,54-,55+,56-,57+,58-,70-/m1/s1. The lowest BCUT2D eigenvalue weighted by molar-refractivity contribution is -0.157. The van der Waals surface area contributed by atoms with Crippen molar-refractivity contribution in [3.63, 3.8) is 0 Å². The number of rotatable bonds is 23. The second kappa shape index (κ2) is 41.4. The number of carbonyl (C=O) groups is 11. The van der Waals surface area contributed by atoms with E-state index in [1.807, 2.05) is 61.5 Å². The first-order valence-electron chi connectivity index (χ1n) is 34.8. The second-order valence-corrected chi connectivity index (χ2v) is 29.8. The van der Waals surface area contributed by atoms with Gasteiger partial charge in [-0.1, -0.05) is 129 Å². The molecule has 1 heterocycles. The Morgan fingerprint density at radius 3 is 1.43 bits per heavy atom. The van der Waals surface area contributed by atoms with Crippen molar-refractivity contribution in [2.24, 2.45) is 41.4 Å². The summed E-state index contributed by atoms with van der Waals surface area (Å²) in [5.74, 6) is -9.46. The molecule has 1 saturated heterocycles. The van der Waals surface area contributed by atoms with Crippen molar-refractivity contribution in [2.75, 3.05) is 74.7 Å². The van der Waals surface area contributed by atoms with Gasteiger partial charge in [0.05, 0.1) is 6.10 Å². The van der Waals surface area contributed by atoms with E-state index in [1.165, 1.54) is 104 Å². The molecule has 1 aliphatic rings. The summed E-state index contributed by atoms with van der Waals surface area (Å²) in [6.45, 7) is 36.6. The summed E-state index contributed by atoms with van der Waals surface area (Å²) in [5, 5.41) is 22.4. The Morgan fingerprint density at radius 2 is 0.958 bits per heavy atom. The van der Waals surface area contributed by atoms with Crippen LogP contribution in [0.15, 0.2) is 12.2 Å². The molecule has 0 aromatic heterocycles. The summed E-state index contributed by atoms with van der Waals surface area (Å²) in [4.78, 5) is 176. The Kier molecular flexibility index (Phi) is 38.0. The average molecular weight is 1360 g/mol. The molecule has 1 rings (SSSR count). The zero-order chi connectivity index (χ0) is 73.4. The van der Waals surface area contributed by atoms with E-state index >= 15 is 28.8 Å². The number of nitrogens with one attached hydrogen (secondary N) is 4. The zero-order valence-corrected chi connectivity index (χ0v) is 63.9. The van der Waals surface area contributed by atoms with Crippen molar-refractivity contribution in [1.29, 1.82) is 0 Å². The topological polar surface area (TPSA) is 282 Å². The quantitative estimate of drug-likeness (QED) is 0.0629. The Morgan fingerprint density at radius 1 is 0.484 bits per heavy atom. The van der Waals surface area contributed by atoms with E-state index < -0.39 is 161 Å².